The molecule has 6 nitrogen and oxygen atoms in total. The molecule has 1 aromatic rings. The van der Waals surface area contributed by atoms with Crippen LogP contribution in [0.25, 0.3) is 0 Å². The third-order valence-corrected chi connectivity index (χ3v) is 4.23. The maximum absolute atomic E-state index is 12.3. The molecule has 1 aromatic carbocycles. The van der Waals surface area contributed by atoms with Crippen molar-refractivity contribution in [2.75, 3.05) is 39.2 Å². The normalized spacial score (nSPS) is 18.5. The number of amides is 1. The number of hydrogen-bond acceptors (Lipinski definition) is 5. The largest absolute Gasteiger partial charge is 0.493 e. The van der Waals surface area contributed by atoms with Crippen LogP contribution >= 0.6 is 0 Å². The number of piperidine rings is 1. The van der Waals surface area contributed by atoms with Gasteiger partial charge in [0.15, 0.2) is 11.5 Å². The van der Waals surface area contributed by atoms with Crippen molar-refractivity contribution in [2.45, 2.75) is 31.7 Å². The molecule has 0 spiro atoms. The number of rotatable bonds is 7. The van der Waals surface area contributed by atoms with E-state index in [0.29, 0.717) is 29.8 Å². The predicted octanol–water partition coefficient (Wildman–Crippen LogP) is 1.88. The second-order valence-electron chi connectivity index (χ2n) is 5.75. The van der Waals surface area contributed by atoms with Crippen LogP contribution in [0.5, 0.6) is 11.5 Å². The van der Waals surface area contributed by atoms with Crippen molar-refractivity contribution < 1.29 is 19.4 Å². The van der Waals surface area contributed by atoms with Gasteiger partial charge in [-0.2, -0.15) is 0 Å². The van der Waals surface area contributed by atoms with Crippen LogP contribution in [-0.2, 0) is 4.79 Å². The Morgan fingerprint density at radius 1 is 1.30 bits per heavy atom. The number of carbonyl (C=O) groups is 1. The van der Waals surface area contributed by atoms with Crippen molar-refractivity contribution >= 4 is 11.6 Å². The summed E-state index contributed by atoms with van der Waals surface area (Å²) in [6.07, 6.45) is 4.04. The van der Waals surface area contributed by atoms with Crippen LogP contribution in [0, 0.1) is 0 Å². The zero-order valence-corrected chi connectivity index (χ0v) is 13.9. The Morgan fingerprint density at radius 3 is 2.78 bits per heavy atom. The topological polar surface area (TPSA) is 71.0 Å². The first kappa shape index (κ1) is 17.6. The van der Waals surface area contributed by atoms with Gasteiger partial charge in [-0.1, -0.05) is 6.42 Å². The molecule has 0 saturated carbocycles. The van der Waals surface area contributed by atoms with E-state index in [0.717, 1.165) is 25.8 Å². The summed E-state index contributed by atoms with van der Waals surface area (Å²) in [5, 5.41) is 12.1. The van der Waals surface area contributed by atoms with E-state index in [2.05, 4.69) is 10.2 Å². The molecule has 0 bridgehead atoms. The second kappa shape index (κ2) is 8.74. The second-order valence-corrected chi connectivity index (χ2v) is 5.75. The summed E-state index contributed by atoms with van der Waals surface area (Å²) < 4.78 is 10.4. The Bertz CT molecular complexity index is 519. The molecule has 1 aliphatic rings. The zero-order valence-electron chi connectivity index (χ0n) is 13.9. The first-order valence-electron chi connectivity index (χ1n) is 8.04. The minimum Gasteiger partial charge on any atom is -0.493 e. The zero-order chi connectivity index (χ0) is 16.7. The molecule has 0 aromatic heterocycles. The SMILES string of the molecule is COc1ccc(NC(=O)CN2CCCCC2CCO)cc1OC. The molecule has 1 atom stereocenters. The van der Waals surface area contributed by atoms with E-state index >= 15 is 0 Å². The van der Waals surface area contributed by atoms with Crippen molar-refractivity contribution in [3.8, 4) is 11.5 Å². The molecular formula is C17H26N2O4. The Balaban J connectivity index is 1.95. The fourth-order valence-corrected chi connectivity index (χ4v) is 3.04. The van der Waals surface area contributed by atoms with E-state index in [9.17, 15) is 4.79 Å². The highest BCUT2D eigenvalue weighted by Crippen LogP contribution is 2.29. The molecule has 1 unspecified atom stereocenters. The monoisotopic (exact) mass is 322 g/mol. The molecular weight excluding hydrogens is 296 g/mol. The van der Waals surface area contributed by atoms with Gasteiger partial charge in [-0.3, -0.25) is 9.69 Å². The third-order valence-electron chi connectivity index (χ3n) is 4.23. The van der Waals surface area contributed by atoms with E-state index < -0.39 is 0 Å². The maximum Gasteiger partial charge on any atom is 0.238 e. The number of aliphatic hydroxyl groups is 1. The molecule has 1 heterocycles. The number of nitrogens with one attached hydrogen (secondary N) is 1. The van der Waals surface area contributed by atoms with Crippen LogP contribution in [0.1, 0.15) is 25.7 Å². The molecule has 2 N–H and O–H groups in total. The Labute approximate surface area is 137 Å². The van der Waals surface area contributed by atoms with Gasteiger partial charge < -0.3 is 19.9 Å². The summed E-state index contributed by atoms with van der Waals surface area (Å²) >= 11 is 0. The Morgan fingerprint density at radius 2 is 2.09 bits per heavy atom. The first-order chi connectivity index (χ1) is 11.2. The third kappa shape index (κ3) is 4.84. The lowest BCUT2D eigenvalue weighted by atomic mass is 10.00. The number of nitrogens with zero attached hydrogens (tertiary/aromatic N) is 1. The molecule has 2 rings (SSSR count). The average Bonchev–Trinajstić information content (AvgIpc) is 2.56. The van der Waals surface area contributed by atoms with Gasteiger partial charge in [-0.25, -0.2) is 0 Å². The van der Waals surface area contributed by atoms with E-state index in [1.165, 1.54) is 6.42 Å². The number of benzene rings is 1. The fourth-order valence-electron chi connectivity index (χ4n) is 3.04. The van der Waals surface area contributed by atoms with Crippen LogP contribution in [0.4, 0.5) is 5.69 Å². The van der Waals surface area contributed by atoms with E-state index in [1.54, 1.807) is 32.4 Å². The first-order valence-corrected chi connectivity index (χ1v) is 8.04. The Hall–Kier alpha value is -1.79. The summed E-state index contributed by atoms with van der Waals surface area (Å²) in [5.41, 5.74) is 0.684. The summed E-state index contributed by atoms with van der Waals surface area (Å²) in [6, 6.07) is 5.60. The lowest BCUT2D eigenvalue weighted by Crippen LogP contribution is -2.44. The van der Waals surface area contributed by atoms with Crippen molar-refractivity contribution in [1.82, 2.24) is 4.90 Å². The number of carbonyl (C=O) groups excluding carboxylic acids is 1. The van der Waals surface area contributed by atoms with Crippen molar-refractivity contribution in [3.63, 3.8) is 0 Å². The van der Waals surface area contributed by atoms with Crippen LogP contribution in [0.3, 0.4) is 0 Å². The molecule has 23 heavy (non-hydrogen) atoms. The number of ether oxygens (including phenoxy) is 2. The number of methoxy groups -OCH3 is 2. The molecule has 0 radical (unpaired) electrons. The predicted molar refractivity (Wildman–Crippen MR) is 89.1 cm³/mol. The lowest BCUT2D eigenvalue weighted by Gasteiger charge is -2.34. The molecule has 128 valence electrons. The van der Waals surface area contributed by atoms with Gasteiger partial charge in [0.05, 0.1) is 20.8 Å². The smallest absolute Gasteiger partial charge is 0.238 e. The molecule has 6 heteroatoms. The van der Waals surface area contributed by atoms with Crippen LogP contribution in [0.2, 0.25) is 0 Å². The highest BCUT2D eigenvalue weighted by molar-refractivity contribution is 5.92. The summed E-state index contributed by atoms with van der Waals surface area (Å²) in [5.74, 6) is 1.16. The van der Waals surface area contributed by atoms with Crippen molar-refractivity contribution in [2.24, 2.45) is 0 Å². The quantitative estimate of drug-likeness (QED) is 0.802. The fraction of sp³-hybridized carbons (Fsp3) is 0.588. The van der Waals surface area contributed by atoms with Gasteiger partial charge >= 0.3 is 0 Å². The number of anilines is 1. The van der Waals surface area contributed by atoms with E-state index in [1.807, 2.05) is 0 Å². The van der Waals surface area contributed by atoms with Crippen molar-refractivity contribution in [3.05, 3.63) is 18.2 Å². The molecule has 1 fully saturated rings. The molecule has 0 aliphatic carbocycles. The number of aliphatic hydroxyl groups excluding tert-OH is 1. The summed E-state index contributed by atoms with van der Waals surface area (Å²) in [6.45, 7) is 1.42. The lowest BCUT2D eigenvalue weighted by molar-refractivity contribution is -0.118. The molecule has 1 amide bonds. The van der Waals surface area contributed by atoms with Crippen LogP contribution < -0.4 is 14.8 Å². The summed E-state index contributed by atoms with van der Waals surface area (Å²) in [4.78, 5) is 14.5. The van der Waals surface area contributed by atoms with Gasteiger partial charge in [-0.05, 0) is 37.9 Å². The van der Waals surface area contributed by atoms with Crippen LogP contribution in [0.15, 0.2) is 18.2 Å². The standard InChI is InChI=1S/C17H26N2O4/c1-22-15-7-6-13(11-16(15)23-2)18-17(21)12-19-9-4-3-5-14(19)8-10-20/h6-7,11,14,20H,3-5,8-10,12H2,1-2H3,(H,18,21). The summed E-state index contributed by atoms with van der Waals surface area (Å²) in [7, 11) is 3.14. The highest BCUT2D eigenvalue weighted by Gasteiger charge is 2.23. The average molecular weight is 322 g/mol. The Kier molecular flexibility index (Phi) is 6.67. The highest BCUT2D eigenvalue weighted by atomic mass is 16.5. The molecule has 1 saturated heterocycles. The van der Waals surface area contributed by atoms with Gasteiger partial charge in [0.1, 0.15) is 0 Å². The number of likely N-dealkylation sites (tertiary alicyclic amines) is 1. The van der Waals surface area contributed by atoms with Crippen LogP contribution in [-0.4, -0.2) is 55.9 Å². The van der Waals surface area contributed by atoms with E-state index in [-0.39, 0.29) is 12.5 Å². The maximum atomic E-state index is 12.3. The van der Waals surface area contributed by atoms with Gasteiger partial charge in [0, 0.05) is 24.4 Å². The van der Waals surface area contributed by atoms with Crippen molar-refractivity contribution in [1.29, 1.82) is 0 Å². The van der Waals surface area contributed by atoms with Gasteiger partial charge in [0.2, 0.25) is 5.91 Å². The van der Waals surface area contributed by atoms with E-state index in [4.69, 9.17) is 14.6 Å². The van der Waals surface area contributed by atoms with Gasteiger partial charge in [-0.15, -0.1) is 0 Å². The molecule has 1 aliphatic heterocycles. The number of hydrogen-bond donors (Lipinski definition) is 2. The van der Waals surface area contributed by atoms with Gasteiger partial charge in [0.25, 0.3) is 0 Å². The minimum atomic E-state index is -0.0536. The minimum absolute atomic E-state index is 0.0536.